The molecule has 2 atom stereocenters. The van der Waals surface area contributed by atoms with E-state index >= 15 is 4.39 Å². The van der Waals surface area contributed by atoms with Gasteiger partial charge in [0.25, 0.3) is 6.43 Å². The zero-order valence-electron chi connectivity index (χ0n) is 30.2. The highest BCUT2D eigenvalue weighted by atomic mass is 35.5. The minimum atomic E-state index is -4.71. The summed E-state index contributed by atoms with van der Waals surface area (Å²) in [6, 6.07) is 7.19. The molecule has 1 amide bonds. The SMILES string of the molecule is CC(C)(C)C.CN(C(N)=NC(C=O)c1ccc(-c2ccn(C)n2)cc1F)C(COC(=O)NC1(C(F)(F)F)CC1)c1ccc(Cl)c(-n2ncnc2C(F)F)c1. The van der Waals surface area contributed by atoms with Crippen LogP contribution in [-0.2, 0) is 16.6 Å². The van der Waals surface area contributed by atoms with Gasteiger partial charge < -0.3 is 25.5 Å². The monoisotopic (exact) mass is 783 g/mol. The first-order chi connectivity index (χ1) is 25.1. The molecule has 19 heteroatoms. The topological polar surface area (TPSA) is 146 Å². The minimum Gasteiger partial charge on any atom is -0.447 e. The molecule has 5 rings (SSSR count). The number of nitrogens with two attached hydrogens (primary N) is 1. The Labute approximate surface area is 312 Å². The molecular formula is C35H40ClF6N9O3. The number of rotatable bonds is 11. The zero-order valence-corrected chi connectivity index (χ0v) is 31.0. The highest BCUT2D eigenvalue weighted by molar-refractivity contribution is 6.32. The number of aldehydes is 1. The predicted octanol–water partition coefficient (Wildman–Crippen LogP) is 7.50. The van der Waals surface area contributed by atoms with Crippen molar-refractivity contribution in [3.8, 4) is 16.9 Å². The highest BCUT2D eigenvalue weighted by Crippen LogP contribution is 2.49. The van der Waals surface area contributed by atoms with Crippen LogP contribution in [-0.4, -0.2) is 73.2 Å². The molecule has 4 aromatic rings. The smallest absolute Gasteiger partial charge is 0.411 e. The summed E-state index contributed by atoms with van der Waals surface area (Å²) in [6.07, 6.45) is -6.86. The van der Waals surface area contributed by atoms with Crippen molar-refractivity contribution in [2.75, 3.05) is 13.7 Å². The summed E-state index contributed by atoms with van der Waals surface area (Å²) in [5.74, 6) is -1.88. The Kier molecular flexibility index (Phi) is 12.7. The molecule has 0 saturated heterocycles. The number of amides is 1. The molecule has 0 aliphatic heterocycles. The number of hydrogen-bond donors (Lipinski definition) is 2. The second kappa shape index (κ2) is 16.5. The summed E-state index contributed by atoms with van der Waals surface area (Å²) in [7, 11) is 3.06. The van der Waals surface area contributed by atoms with Gasteiger partial charge in [0.2, 0.25) is 0 Å². The van der Waals surface area contributed by atoms with Gasteiger partial charge in [-0.05, 0) is 48.1 Å². The number of benzene rings is 2. The molecule has 2 aromatic heterocycles. The van der Waals surface area contributed by atoms with Crippen LogP contribution in [0.1, 0.15) is 76.0 Å². The Morgan fingerprint density at radius 3 is 2.35 bits per heavy atom. The molecule has 1 aliphatic rings. The first kappa shape index (κ1) is 41.6. The van der Waals surface area contributed by atoms with Gasteiger partial charge in [0, 0.05) is 31.4 Å². The third kappa shape index (κ3) is 10.3. The summed E-state index contributed by atoms with van der Waals surface area (Å²) >= 11 is 6.31. The number of aromatic nitrogens is 5. The van der Waals surface area contributed by atoms with E-state index < -0.39 is 54.6 Å². The number of nitrogens with one attached hydrogen (secondary N) is 1. The average Bonchev–Trinajstić information content (AvgIpc) is 3.48. The lowest BCUT2D eigenvalue weighted by Crippen LogP contribution is -2.48. The third-order valence-corrected chi connectivity index (χ3v) is 8.24. The average molecular weight is 784 g/mol. The predicted molar refractivity (Wildman–Crippen MR) is 188 cm³/mol. The molecular weight excluding hydrogens is 744 g/mol. The standard InChI is InChI=1S/C30H28ClF6N9O3.C5H12/c1-44-10-7-21(43-44)16-3-5-18(20(32)11-16)22(13-47)41-27(38)45(2)24(14-49-28(48)42-29(8-9-29)30(35,36)37)17-4-6-19(31)23(12-17)46-26(25(33)34)39-15-40-46;1-5(2,3)4/h3-7,10-13,15,22,24-25H,8-9,14H2,1-2H3,(H2,38,41)(H,42,48);1-4H3. The number of nitrogens with zero attached hydrogens (tertiary/aromatic N) is 7. The molecule has 2 unspecified atom stereocenters. The number of alkyl halides is 5. The van der Waals surface area contributed by atoms with Gasteiger partial charge in [-0.15, -0.1) is 0 Å². The molecule has 2 heterocycles. The fourth-order valence-corrected chi connectivity index (χ4v) is 5.17. The largest absolute Gasteiger partial charge is 0.447 e. The van der Waals surface area contributed by atoms with E-state index in [-0.39, 0.29) is 40.6 Å². The number of carbonyl (C=O) groups excluding carboxylic acids is 2. The number of guanidine groups is 1. The maximum atomic E-state index is 15.3. The van der Waals surface area contributed by atoms with E-state index in [4.69, 9.17) is 22.1 Å². The van der Waals surface area contributed by atoms with Crippen molar-refractivity contribution in [1.29, 1.82) is 0 Å². The Bertz CT molecular complexity index is 1970. The fraction of sp³-hybridized carbons (Fsp3) is 0.429. The Balaban J connectivity index is 0.00000122. The minimum absolute atomic E-state index is 0.0238. The van der Waals surface area contributed by atoms with Crippen LogP contribution in [0.25, 0.3) is 16.9 Å². The lowest BCUT2D eigenvalue weighted by Gasteiger charge is -2.30. The van der Waals surface area contributed by atoms with Crippen molar-refractivity contribution in [1.82, 2.24) is 34.8 Å². The normalized spacial score (nSPS) is 15.2. The molecule has 1 fully saturated rings. The van der Waals surface area contributed by atoms with Crippen molar-refractivity contribution in [2.24, 2.45) is 23.2 Å². The summed E-state index contributed by atoms with van der Waals surface area (Å²) in [6.45, 7) is 8.10. The fourth-order valence-electron chi connectivity index (χ4n) is 4.97. The Morgan fingerprint density at radius 2 is 1.81 bits per heavy atom. The van der Waals surface area contributed by atoms with Crippen molar-refractivity contribution in [3.05, 3.63) is 82.8 Å². The van der Waals surface area contributed by atoms with Gasteiger partial charge in [0.1, 0.15) is 36.6 Å². The number of carbonyl (C=O) groups is 2. The molecule has 0 bridgehead atoms. The second-order valence-electron chi connectivity index (χ2n) is 14.2. The third-order valence-electron chi connectivity index (χ3n) is 7.92. The number of aliphatic imine (C=N–C) groups is 1. The maximum Gasteiger partial charge on any atom is 0.411 e. The van der Waals surface area contributed by atoms with Gasteiger partial charge in [0.15, 0.2) is 11.8 Å². The van der Waals surface area contributed by atoms with Crippen molar-refractivity contribution in [2.45, 2.75) is 70.8 Å². The quantitative estimate of drug-likeness (QED) is 0.0689. The highest BCUT2D eigenvalue weighted by Gasteiger charge is 2.64. The van der Waals surface area contributed by atoms with Gasteiger partial charge >= 0.3 is 12.3 Å². The first-order valence-electron chi connectivity index (χ1n) is 16.4. The molecule has 0 spiro atoms. The summed E-state index contributed by atoms with van der Waals surface area (Å²) in [5.41, 5.74) is 5.31. The molecule has 1 aliphatic carbocycles. The van der Waals surface area contributed by atoms with E-state index in [9.17, 15) is 31.5 Å². The van der Waals surface area contributed by atoms with E-state index in [1.165, 1.54) is 47.0 Å². The molecule has 0 radical (unpaired) electrons. The van der Waals surface area contributed by atoms with Crippen LogP contribution >= 0.6 is 11.6 Å². The number of alkyl carbamates (subject to hydrolysis) is 1. The van der Waals surface area contributed by atoms with Crippen LogP contribution < -0.4 is 11.1 Å². The van der Waals surface area contributed by atoms with Gasteiger partial charge in [-0.25, -0.2) is 32.6 Å². The van der Waals surface area contributed by atoms with E-state index in [0.29, 0.717) is 23.0 Å². The molecule has 54 heavy (non-hydrogen) atoms. The Hall–Kier alpha value is -5.13. The molecule has 2 aromatic carbocycles. The molecule has 292 valence electrons. The van der Waals surface area contributed by atoms with Crippen LogP contribution in [0.15, 0.2) is 60.0 Å². The second-order valence-corrected chi connectivity index (χ2v) is 14.6. The van der Waals surface area contributed by atoms with Gasteiger partial charge in [-0.3, -0.25) is 4.68 Å². The summed E-state index contributed by atoms with van der Waals surface area (Å²) < 4.78 is 90.4. The lowest BCUT2D eigenvalue weighted by atomic mass is 10.0. The number of hydrogen-bond acceptors (Lipinski definition) is 7. The van der Waals surface area contributed by atoms with Crippen LogP contribution in [0, 0.1) is 11.2 Å². The van der Waals surface area contributed by atoms with Gasteiger partial charge in [-0.2, -0.15) is 23.4 Å². The maximum absolute atomic E-state index is 15.3. The molecule has 1 saturated carbocycles. The number of ether oxygens (including phenoxy) is 1. The van der Waals surface area contributed by atoms with E-state index in [2.05, 4.69) is 47.9 Å². The first-order valence-corrected chi connectivity index (χ1v) is 16.8. The van der Waals surface area contributed by atoms with E-state index in [1.807, 2.05) is 5.32 Å². The van der Waals surface area contributed by atoms with Crippen molar-refractivity contribution in [3.63, 3.8) is 0 Å². The lowest BCUT2D eigenvalue weighted by molar-refractivity contribution is -0.164. The molecule has 3 N–H and O–H groups in total. The number of aryl methyl sites for hydroxylation is 1. The van der Waals surface area contributed by atoms with Crippen molar-refractivity contribution >= 4 is 29.9 Å². The Morgan fingerprint density at radius 1 is 1.15 bits per heavy atom. The zero-order chi connectivity index (χ0) is 40.2. The number of likely N-dealkylation sites (N-methyl/N-ethyl adjacent to an activating group) is 1. The van der Waals surface area contributed by atoms with Crippen molar-refractivity contribution < 1.29 is 40.7 Å². The van der Waals surface area contributed by atoms with E-state index in [1.54, 1.807) is 25.4 Å². The van der Waals surface area contributed by atoms with E-state index in [0.717, 1.165) is 11.0 Å². The van der Waals surface area contributed by atoms with Gasteiger partial charge in [0.05, 0.1) is 22.4 Å². The van der Waals surface area contributed by atoms with Crippen LogP contribution in [0.4, 0.5) is 31.1 Å². The van der Waals surface area contributed by atoms with Crippen LogP contribution in [0.2, 0.25) is 5.02 Å². The summed E-state index contributed by atoms with van der Waals surface area (Å²) in [5, 5.41) is 9.85. The van der Waals surface area contributed by atoms with Crippen LogP contribution in [0.5, 0.6) is 0 Å². The van der Waals surface area contributed by atoms with Crippen LogP contribution in [0.3, 0.4) is 0 Å². The van der Waals surface area contributed by atoms with Gasteiger partial charge in [-0.1, -0.05) is 57.5 Å². The summed E-state index contributed by atoms with van der Waals surface area (Å²) in [4.78, 5) is 33.6. The molecule has 12 nitrogen and oxygen atoms in total. The number of halogens is 7.